The van der Waals surface area contributed by atoms with Gasteiger partial charge < -0.3 is 23.7 Å². The highest BCUT2D eigenvalue weighted by Gasteiger charge is 2.42. The van der Waals surface area contributed by atoms with Gasteiger partial charge in [0.2, 0.25) is 5.76 Å². The van der Waals surface area contributed by atoms with Gasteiger partial charge >= 0.3 is 0 Å². The monoisotopic (exact) mass is 510 g/mol. The second-order valence-corrected chi connectivity index (χ2v) is 9.69. The summed E-state index contributed by atoms with van der Waals surface area (Å²) < 4.78 is 31.5. The fraction of sp³-hybridized carbons (Fsp3) is 0.448. The summed E-state index contributed by atoms with van der Waals surface area (Å²) in [5.74, 6) is 0.259. The van der Waals surface area contributed by atoms with Gasteiger partial charge in [0.1, 0.15) is 11.4 Å². The second kappa shape index (κ2) is 11.8. The molecule has 2 aromatic carbocycles. The molecule has 0 fully saturated rings. The molecule has 1 aliphatic rings. The molecule has 7 nitrogen and oxygen atoms in total. The molecule has 0 saturated carbocycles. The Kier molecular flexibility index (Phi) is 8.48. The zero-order valence-corrected chi connectivity index (χ0v) is 22.0. The molecule has 0 aliphatic carbocycles. The van der Waals surface area contributed by atoms with Crippen molar-refractivity contribution in [2.45, 2.75) is 45.1 Å². The van der Waals surface area contributed by atoms with Crippen molar-refractivity contribution < 1.29 is 23.1 Å². The maximum atomic E-state index is 14.0. The molecular formula is C29H35FN2O5. The topological polar surface area (TPSA) is 72.2 Å². The van der Waals surface area contributed by atoms with Crippen LogP contribution in [-0.4, -0.2) is 56.6 Å². The van der Waals surface area contributed by atoms with E-state index >= 15 is 0 Å². The zero-order chi connectivity index (χ0) is 26.5. The van der Waals surface area contributed by atoms with Crippen molar-refractivity contribution in [2.75, 3.05) is 40.9 Å². The lowest BCUT2D eigenvalue weighted by molar-refractivity contribution is 0.0722. The predicted molar refractivity (Wildman–Crippen MR) is 141 cm³/mol. The van der Waals surface area contributed by atoms with Gasteiger partial charge in [-0.25, -0.2) is 4.39 Å². The van der Waals surface area contributed by atoms with E-state index in [1.165, 1.54) is 18.6 Å². The summed E-state index contributed by atoms with van der Waals surface area (Å²) in [6, 6.07) is 8.56. The molecule has 2 heterocycles. The van der Waals surface area contributed by atoms with Crippen molar-refractivity contribution in [2.24, 2.45) is 0 Å². The van der Waals surface area contributed by atoms with E-state index in [0.717, 1.165) is 31.9 Å². The van der Waals surface area contributed by atoms with Crippen LogP contribution in [0.3, 0.4) is 0 Å². The summed E-state index contributed by atoms with van der Waals surface area (Å²) in [5.41, 5.74) is 0.717. The summed E-state index contributed by atoms with van der Waals surface area (Å²) in [6.45, 7) is 3.94. The maximum absolute atomic E-state index is 14.0. The lowest BCUT2D eigenvalue weighted by atomic mass is 9.98. The van der Waals surface area contributed by atoms with Crippen molar-refractivity contribution >= 4 is 16.9 Å². The van der Waals surface area contributed by atoms with Crippen LogP contribution < -0.4 is 14.9 Å². The molecule has 0 spiro atoms. The highest BCUT2D eigenvalue weighted by molar-refractivity contribution is 5.99. The summed E-state index contributed by atoms with van der Waals surface area (Å²) in [6.07, 6.45) is 5.08. The first-order valence-electron chi connectivity index (χ1n) is 12.9. The Balaban J connectivity index is 1.74. The van der Waals surface area contributed by atoms with Crippen LogP contribution in [0.15, 0.2) is 45.6 Å². The van der Waals surface area contributed by atoms with E-state index in [2.05, 4.69) is 6.92 Å². The van der Waals surface area contributed by atoms with E-state index in [9.17, 15) is 14.0 Å². The molecule has 0 saturated heterocycles. The first kappa shape index (κ1) is 26.7. The number of nitrogens with zero attached hydrogens (tertiary/aromatic N) is 2. The van der Waals surface area contributed by atoms with Crippen molar-refractivity contribution in [3.8, 4) is 11.5 Å². The van der Waals surface area contributed by atoms with Gasteiger partial charge in [0.25, 0.3) is 5.91 Å². The number of hydrogen-bond acceptors (Lipinski definition) is 6. The smallest absolute Gasteiger partial charge is 0.290 e. The molecular weight excluding hydrogens is 475 g/mol. The van der Waals surface area contributed by atoms with Gasteiger partial charge in [0.15, 0.2) is 16.9 Å². The van der Waals surface area contributed by atoms with Crippen LogP contribution in [0.1, 0.15) is 66.8 Å². The molecule has 0 N–H and O–H groups in total. The molecule has 8 heteroatoms. The molecule has 1 unspecified atom stereocenters. The number of hydrogen-bond donors (Lipinski definition) is 0. The zero-order valence-electron chi connectivity index (χ0n) is 22.0. The van der Waals surface area contributed by atoms with Crippen molar-refractivity contribution in [3.63, 3.8) is 0 Å². The van der Waals surface area contributed by atoms with Crippen LogP contribution in [0, 0.1) is 5.82 Å². The highest BCUT2D eigenvalue weighted by Crippen LogP contribution is 2.41. The van der Waals surface area contributed by atoms with E-state index < -0.39 is 17.3 Å². The van der Waals surface area contributed by atoms with Crippen molar-refractivity contribution in [1.29, 1.82) is 0 Å². The number of amides is 1. The number of benzene rings is 2. The van der Waals surface area contributed by atoms with Gasteiger partial charge in [-0.3, -0.25) is 9.59 Å². The van der Waals surface area contributed by atoms with E-state index in [4.69, 9.17) is 13.9 Å². The number of unbranched alkanes of at least 4 members (excludes halogenated alkanes) is 3. The molecule has 1 aliphatic heterocycles. The average Bonchev–Trinajstić information content (AvgIpc) is 3.16. The number of carbonyl (C=O) groups excluding carboxylic acids is 1. The lowest BCUT2D eigenvalue weighted by Gasteiger charge is -2.26. The van der Waals surface area contributed by atoms with Crippen molar-refractivity contribution in [1.82, 2.24) is 9.80 Å². The Morgan fingerprint density at radius 2 is 1.84 bits per heavy atom. The van der Waals surface area contributed by atoms with E-state index in [1.807, 2.05) is 37.2 Å². The Hall–Kier alpha value is -3.39. The SMILES string of the molecule is CCCCCCOc1ccc(C2c3c(oc4ccc(F)cc4c3=O)C(=O)N2CCCN(C)C)cc1OC. The van der Waals surface area contributed by atoms with Gasteiger partial charge in [-0.15, -0.1) is 0 Å². The molecule has 1 aromatic heterocycles. The van der Waals surface area contributed by atoms with Crippen LogP contribution in [0.2, 0.25) is 0 Å². The van der Waals surface area contributed by atoms with Crippen LogP contribution in [0.4, 0.5) is 4.39 Å². The Labute approximate surface area is 216 Å². The molecule has 4 rings (SSSR count). The number of ether oxygens (including phenoxy) is 2. The number of carbonyl (C=O) groups is 1. The molecule has 0 bridgehead atoms. The lowest BCUT2D eigenvalue weighted by Crippen LogP contribution is -2.32. The van der Waals surface area contributed by atoms with E-state index in [-0.39, 0.29) is 28.2 Å². The van der Waals surface area contributed by atoms with Crippen LogP contribution in [0.5, 0.6) is 11.5 Å². The fourth-order valence-electron chi connectivity index (χ4n) is 4.81. The minimum absolute atomic E-state index is 0.00850. The molecule has 1 amide bonds. The highest BCUT2D eigenvalue weighted by atomic mass is 19.1. The standard InChI is InChI=1S/C29H35FN2O5/c1-5-6-7-8-16-36-23-12-10-19(17-24(23)35-4)26-25-27(33)21-18-20(30)11-13-22(21)37-28(25)29(34)32(26)15-9-14-31(2)3/h10-13,17-18,26H,5-9,14-16H2,1-4H3. The number of methoxy groups -OCH3 is 1. The molecule has 3 aromatic rings. The van der Waals surface area contributed by atoms with E-state index in [1.54, 1.807) is 12.0 Å². The summed E-state index contributed by atoms with van der Waals surface area (Å²) in [5, 5.41) is 0.116. The molecule has 1 atom stereocenters. The quantitative estimate of drug-likeness (QED) is 0.304. The second-order valence-electron chi connectivity index (χ2n) is 9.69. The molecule has 37 heavy (non-hydrogen) atoms. The van der Waals surface area contributed by atoms with Gasteiger partial charge in [-0.05, 0) is 69.4 Å². The third-order valence-corrected chi connectivity index (χ3v) is 6.69. The molecule has 0 radical (unpaired) electrons. The maximum Gasteiger partial charge on any atom is 0.290 e. The Morgan fingerprint density at radius 3 is 2.57 bits per heavy atom. The summed E-state index contributed by atoms with van der Waals surface area (Å²) in [7, 11) is 5.50. The van der Waals surface area contributed by atoms with Crippen LogP contribution in [-0.2, 0) is 0 Å². The average molecular weight is 511 g/mol. The Morgan fingerprint density at radius 1 is 1.03 bits per heavy atom. The number of rotatable bonds is 12. The minimum atomic E-state index is -0.680. The summed E-state index contributed by atoms with van der Waals surface area (Å²) >= 11 is 0. The number of fused-ring (bicyclic) bond motifs is 2. The third kappa shape index (κ3) is 5.64. The first-order valence-corrected chi connectivity index (χ1v) is 12.9. The Bertz CT molecular complexity index is 1320. The minimum Gasteiger partial charge on any atom is -0.493 e. The van der Waals surface area contributed by atoms with E-state index in [0.29, 0.717) is 36.6 Å². The number of halogens is 1. The summed E-state index contributed by atoms with van der Waals surface area (Å²) in [4.78, 5) is 30.8. The van der Waals surface area contributed by atoms with Crippen LogP contribution >= 0.6 is 0 Å². The largest absolute Gasteiger partial charge is 0.493 e. The van der Waals surface area contributed by atoms with Crippen LogP contribution in [0.25, 0.3) is 11.0 Å². The van der Waals surface area contributed by atoms with Gasteiger partial charge in [-0.2, -0.15) is 0 Å². The predicted octanol–water partition coefficient (Wildman–Crippen LogP) is 5.40. The molecule has 198 valence electrons. The van der Waals surface area contributed by atoms with Crippen molar-refractivity contribution in [3.05, 3.63) is 69.3 Å². The van der Waals surface area contributed by atoms with Gasteiger partial charge in [0.05, 0.1) is 30.7 Å². The normalized spacial score (nSPS) is 15.0. The third-order valence-electron chi connectivity index (χ3n) is 6.69. The fourth-order valence-corrected chi connectivity index (χ4v) is 4.81. The first-order chi connectivity index (χ1) is 17.8. The van der Waals surface area contributed by atoms with Gasteiger partial charge in [-0.1, -0.05) is 32.3 Å². The van der Waals surface area contributed by atoms with Gasteiger partial charge in [0, 0.05) is 6.54 Å².